The molecule has 3 aromatic rings. The number of anilines is 1. The molecule has 0 bridgehead atoms. The summed E-state index contributed by atoms with van der Waals surface area (Å²) in [6.45, 7) is 2.95. The Labute approximate surface area is 256 Å². The average molecular weight is 637 g/mol. The number of carbonyl (C=O) groups excluding carboxylic acids is 2. The van der Waals surface area contributed by atoms with Crippen LogP contribution in [0.1, 0.15) is 43.7 Å². The molecule has 4 rings (SSSR count). The van der Waals surface area contributed by atoms with Gasteiger partial charge in [0.05, 0.1) is 20.6 Å². The quantitative estimate of drug-likeness (QED) is 0.271. The van der Waals surface area contributed by atoms with E-state index in [0.717, 1.165) is 41.1 Å². The highest BCUT2D eigenvalue weighted by Gasteiger charge is 2.34. The lowest BCUT2D eigenvalue weighted by atomic mass is 10.1. The molecule has 0 aromatic heterocycles. The van der Waals surface area contributed by atoms with Crippen LogP contribution in [-0.2, 0) is 26.2 Å². The molecular formula is C30H32Cl3N3O4S. The minimum absolute atomic E-state index is 0.00562. The van der Waals surface area contributed by atoms with Crippen molar-refractivity contribution in [2.75, 3.05) is 10.8 Å². The van der Waals surface area contributed by atoms with Gasteiger partial charge in [-0.15, -0.1) is 0 Å². The number of hydrogen-bond acceptors (Lipinski definition) is 4. The van der Waals surface area contributed by atoms with Crippen molar-refractivity contribution in [3.05, 3.63) is 92.9 Å². The minimum atomic E-state index is -4.26. The van der Waals surface area contributed by atoms with Crippen LogP contribution >= 0.6 is 34.8 Å². The normalized spacial score (nSPS) is 14.5. The first kappa shape index (κ1) is 31.2. The first-order chi connectivity index (χ1) is 19.5. The van der Waals surface area contributed by atoms with Crippen molar-refractivity contribution < 1.29 is 18.0 Å². The molecule has 0 heterocycles. The smallest absolute Gasteiger partial charge is 0.264 e. The molecule has 1 fully saturated rings. The second kappa shape index (κ2) is 13.5. The summed E-state index contributed by atoms with van der Waals surface area (Å²) in [5.74, 6) is -0.881. The van der Waals surface area contributed by atoms with Gasteiger partial charge in [0.25, 0.3) is 10.0 Å². The summed E-state index contributed by atoms with van der Waals surface area (Å²) in [5, 5.41) is 3.72. The highest BCUT2D eigenvalue weighted by molar-refractivity contribution is 7.92. The fraction of sp³-hybridized carbons (Fsp3) is 0.333. The van der Waals surface area contributed by atoms with E-state index in [4.69, 9.17) is 34.8 Å². The Morgan fingerprint density at radius 3 is 2.22 bits per heavy atom. The molecule has 41 heavy (non-hydrogen) atoms. The maximum atomic E-state index is 14.0. The second-order valence-electron chi connectivity index (χ2n) is 10.2. The highest BCUT2D eigenvalue weighted by atomic mass is 35.5. The summed E-state index contributed by atoms with van der Waals surface area (Å²) in [7, 11) is -4.26. The van der Waals surface area contributed by atoms with Crippen molar-refractivity contribution in [2.45, 2.75) is 63.1 Å². The van der Waals surface area contributed by atoms with E-state index in [1.54, 1.807) is 49.4 Å². The molecule has 0 unspecified atom stereocenters. The van der Waals surface area contributed by atoms with Gasteiger partial charge >= 0.3 is 0 Å². The van der Waals surface area contributed by atoms with Crippen molar-refractivity contribution in [3.63, 3.8) is 0 Å². The zero-order valence-corrected chi connectivity index (χ0v) is 25.9. The number of nitrogens with one attached hydrogen (secondary N) is 1. The lowest BCUT2D eigenvalue weighted by Crippen LogP contribution is -2.52. The number of halogens is 3. The standard InChI is InChI=1S/C30H32Cl3N3O4S/c1-20-10-16-25(17-11-20)41(39,40)36(27-9-5-8-26(32)29(27)33)19-28(37)35(18-22-12-14-23(31)15-13-22)21(2)30(38)34-24-6-3-4-7-24/h5,8-17,21,24H,3-4,6-7,18-19H2,1-2H3,(H,34,38)/t21-/m1/s1. The van der Waals surface area contributed by atoms with Crippen molar-refractivity contribution in [1.29, 1.82) is 0 Å². The van der Waals surface area contributed by atoms with Crippen molar-refractivity contribution in [3.8, 4) is 0 Å². The summed E-state index contributed by atoms with van der Waals surface area (Å²) in [5.41, 5.74) is 1.67. The van der Waals surface area contributed by atoms with E-state index >= 15 is 0 Å². The van der Waals surface area contributed by atoms with Crippen LogP contribution in [0, 0.1) is 6.92 Å². The van der Waals surface area contributed by atoms with E-state index in [9.17, 15) is 18.0 Å². The predicted octanol–water partition coefficient (Wildman–Crippen LogP) is 6.63. The Morgan fingerprint density at radius 2 is 1.59 bits per heavy atom. The first-order valence-corrected chi connectivity index (χ1v) is 15.9. The molecule has 0 radical (unpaired) electrons. The first-order valence-electron chi connectivity index (χ1n) is 13.3. The molecule has 0 aliphatic heterocycles. The Morgan fingerprint density at radius 1 is 0.951 bits per heavy atom. The number of amides is 2. The Bertz CT molecular complexity index is 1490. The number of aryl methyl sites for hydroxylation is 1. The Balaban J connectivity index is 1.71. The van der Waals surface area contributed by atoms with Gasteiger partial charge in [-0.25, -0.2) is 8.42 Å². The summed E-state index contributed by atoms with van der Waals surface area (Å²) >= 11 is 18.8. The monoisotopic (exact) mass is 635 g/mol. The second-order valence-corrected chi connectivity index (χ2v) is 13.3. The van der Waals surface area contributed by atoms with Gasteiger partial charge in [0.1, 0.15) is 12.6 Å². The van der Waals surface area contributed by atoms with Crippen molar-refractivity contribution in [2.24, 2.45) is 0 Å². The molecule has 1 saturated carbocycles. The average Bonchev–Trinajstić information content (AvgIpc) is 3.46. The van der Waals surface area contributed by atoms with E-state index < -0.39 is 28.5 Å². The van der Waals surface area contributed by atoms with Crippen LogP contribution in [0.15, 0.2) is 71.6 Å². The Kier molecular flexibility index (Phi) is 10.2. The van der Waals surface area contributed by atoms with Gasteiger partial charge < -0.3 is 10.2 Å². The zero-order valence-electron chi connectivity index (χ0n) is 22.8. The lowest BCUT2D eigenvalue weighted by molar-refractivity contribution is -0.139. The van der Waals surface area contributed by atoms with E-state index in [1.807, 2.05) is 6.92 Å². The van der Waals surface area contributed by atoms with Gasteiger partial charge in [0.15, 0.2) is 0 Å². The summed E-state index contributed by atoms with van der Waals surface area (Å²) < 4.78 is 28.9. The molecular weight excluding hydrogens is 605 g/mol. The molecule has 218 valence electrons. The third-order valence-electron chi connectivity index (χ3n) is 7.22. The number of hydrogen-bond donors (Lipinski definition) is 1. The molecule has 1 aliphatic rings. The molecule has 2 amide bonds. The van der Waals surface area contributed by atoms with E-state index in [2.05, 4.69) is 5.32 Å². The molecule has 1 atom stereocenters. The van der Waals surface area contributed by atoms with Gasteiger partial charge in [-0.1, -0.05) is 83.5 Å². The number of benzene rings is 3. The van der Waals surface area contributed by atoms with E-state index in [1.165, 1.54) is 29.2 Å². The van der Waals surface area contributed by atoms with E-state index in [-0.39, 0.29) is 39.1 Å². The number of rotatable bonds is 10. The summed E-state index contributed by atoms with van der Waals surface area (Å²) in [6, 6.07) is 17.0. The van der Waals surface area contributed by atoms with Crippen molar-refractivity contribution in [1.82, 2.24) is 10.2 Å². The van der Waals surface area contributed by atoms with Gasteiger partial charge in [0.2, 0.25) is 11.8 Å². The van der Waals surface area contributed by atoms with Gasteiger partial charge in [-0.3, -0.25) is 13.9 Å². The van der Waals surface area contributed by atoms with E-state index in [0.29, 0.717) is 5.02 Å². The number of sulfonamides is 1. The number of nitrogens with zero attached hydrogens (tertiary/aromatic N) is 2. The summed E-state index contributed by atoms with van der Waals surface area (Å²) in [6.07, 6.45) is 3.86. The fourth-order valence-corrected chi connectivity index (χ4v) is 6.80. The molecule has 3 aromatic carbocycles. The Hall–Kier alpha value is -2.78. The third kappa shape index (κ3) is 7.55. The van der Waals surface area contributed by atoms with Crippen LogP contribution in [-0.4, -0.2) is 43.8 Å². The number of carbonyl (C=O) groups is 2. The highest BCUT2D eigenvalue weighted by Crippen LogP contribution is 2.35. The zero-order chi connectivity index (χ0) is 29.7. The van der Waals surface area contributed by atoms with Crippen LogP contribution in [0.25, 0.3) is 0 Å². The molecule has 11 heteroatoms. The molecule has 1 aliphatic carbocycles. The predicted molar refractivity (Wildman–Crippen MR) is 164 cm³/mol. The molecule has 0 saturated heterocycles. The van der Waals surface area contributed by atoms with Crippen molar-refractivity contribution >= 4 is 62.3 Å². The van der Waals surface area contributed by atoms with Crippen LogP contribution in [0.4, 0.5) is 5.69 Å². The van der Waals surface area contributed by atoms with Gasteiger partial charge in [-0.2, -0.15) is 0 Å². The molecule has 0 spiro atoms. The maximum absolute atomic E-state index is 14.0. The lowest BCUT2D eigenvalue weighted by Gasteiger charge is -2.32. The third-order valence-corrected chi connectivity index (χ3v) is 10.1. The van der Waals surface area contributed by atoms with Crippen LogP contribution in [0.3, 0.4) is 0 Å². The SMILES string of the molecule is Cc1ccc(S(=O)(=O)N(CC(=O)N(Cc2ccc(Cl)cc2)[C@H](C)C(=O)NC2CCCC2)c2cccc(Cl)c2Cl)cc1. The topological polar surface area (TPSA) is 86.8 Å². The molecule has 7 nitrogen and oxygen atoms in total. The van der Waals surface area contributed by atoms with Gasteiger partial charge in [0, 0.05) is 17.6 Å². The van der Waals surface area contributed by atoms with Crippen LogP contribution < -0.4 is 9.62 Å². The minimum Gasteiger partial charge on any atom is -0.352 e. The summed E-state index contributed by atoms with van der Waals surface area (Å²) in [4.78, 5) is 28.7. The molecule has 1 N–H and O–H groups in total. The largest absolute Gasteiger partial charge is 0.352 e. The maximum Gasteiger partial charge on any atom is 0.264 e. The van der Waals surface area contributed by atoms with Crippen LogP contribution in [0.5, 0.6) is 0 Å². The van der Waals surface area contributed by atoms with Gasteiger partial charge in [-0.05, 0) is 68.7 Å². The van der Waals surface area contributed by atoms with Crippen LogP contribution in [0.2, 0.25) is 15.1 Å². The fourth-order valence-electron chi connectivity index (χ4n) is 4.80.